The molecule has 0 fully saturated rings. The fourth-order valence-electron chi connectivity index (χ4n) is 1.60. The van der Waals surface area contributed by atoms with Crippen molar-refractivity contribution in [2.45, 2.75) is 0 Å². The number of fused-ring (bicyclic) bond motifs is 1. The molecule has 2 aromatic rings. The molecule has 1 aromatic carbocycles. The Bertz CT molecular complexity index is 537. The number of nitrogens with two attached hydrogens (primary N) is 1. The number of halogens is 1. The number of anilines is 1. The zero-order chi connectivity index (χ0) is 12.3. The third-order valence-corrected chi connectivity index (χ3v) is 2.88. The third-order valence-electron chi connectivity index (χ3n) is 2.34. The van der Waals surface area contributed by atoms with Crippen LogP contribution in [0.5, 0.6) is 0 Å². The summed E-state index contributed by atoms with van der Waals surface area (Å²) >= 11 is 11.3. The first kappa shape index (κ1) is 12.2. The van der Waals surface area contributed by atoms with Crippen LogP contribution < -0.4 is 16.4 Å². The van der Waals surface area contributed by atoms with Crippen LogP contribution >= 0.6 is 23.8 Å². The number of aromatic amines is 1. The lowest BCUT2D eigenvalue weighted by molar-refractivity contribution is 0.883. The molecule has 0 atom stereocenters. The molecule has 2 rings (SSSR count). The molecule has 0 aliphatic carbocycles. The first-order valence-corrected chi connectivity index (χ1v) is 6.01. The molecule has 0 unspecified atom stereocenters. The lowest BCUT2D eigenvalue weighted by atomic mass is 10.2. The average Bonchev–Trinajstić information content (AvgIpc) is 2.70. The molecular formula is C11H13ClN4S. The van der Waals surface area contributed by atoms with Gasteiger partial charge in [0.15, 0.2) is 5.11 Å². The number of hydrogen-bond acceptors (Lipinski definition) is 2. The number of aromatic nitrogens is 1. The van der Waals surface area contributed by atoms with Crippen LogP contribution in [-0.4, -0.2) is 23.2 Å². The maximum absolute atomic E-state index is 6.11. The molecule has 5 N–H and O–H groups in total. The van der Waals surface area contributed by atoms with Crippen molar-refractivity contribution >= 4 is 45.5 Å². The van der Waals surface area contributed by atoms with E-state index in [1.54, 1.807) is 6.20 Å². The Balaban J connectivity index is 2.23. The van der Waals surface area contributed by atoms with Gasteiger partial charge in [-0.1, -0.05) is 17.7 Å². The largest absolute Gasteiger partial charge is 0.361 e. The van der Waals surface area contributed by atoms with Gasteiger partial charge in [-0.15, -0.1) is 0 Å². The van der Waals surface area contributed by atoms with E-state index >= 15 is 0 Å². The average molecular weight is 269 g/mol. The summed E-state index contributed by atoms with van der Waals surface area (Å²) < 4.78 is 0. The second-order valence-corrected chi connectivity index (χ2v) is 4.35. The standard InChI is InChI=1S/C11H13ClN4S/c12-7-6-15-8-2-1-3-9(10(7)8)16-11(17)14-5-4-13/h1-3,6,15H,4-5,13H2,(H2,14,16,17). The van der Waals surface area contributed by atoms with Crippen LogP contribution in [0.15, 0.2) is 24.4 Å². The van der Waals surface area contributed by atoms with E-state index in [2.05, 4.69) is 15.6 Å². The molecule has 1 aromatic heterocycles. The lowest BCUT2D eigenvalue weighted by Crippen LogP contribution is -2.32. The highest BCUT2D eigenvalue weighted by Crippen LogP contribution is 2.29. The molecule has 4 nitrogen and oxygen atoms in total. The molecule has 0 aliphatic heterocycles. The van der Waals surface area contributed by atoms with Gasteiger partial charge in [0.1, 0.15) is 0 Å². The third kappa shape index (κ3) is 2.69. The van der Waals surface area contributed by atoms with Crippen molar-refractivity contribution in [2.24, 2.45) is 5.73 Å². The van der Waals surface area contributed by atoms with Gasteiger partial charge < -0.3 is 21.4 Å². The first-order valence-electron chi connectivity index (χ1n) is 5.23. The van der Waals surface area contributed by atoms with E-state index in [-0.39, 0.29) is 0 Å². The van der Waals surface area contributed by atoms with Crippen LogP contribution in [0.1, 0.15) is 0 Å². The van der Waals surface area contributed by atoms with Gasteiger partial charge in [-0.2, -0.15) is 0 Å². The number of nitrogens with one attached hydrogen (secondary N) is 3. The van der Waals surface area contributed by atoms with Gasteiger partial charge in [-0.05, 0) is 24.4 Å². The summed E-state index contributed by atoms with van der Waals surface area (Å²) in [5.41, 5.74) is 7.24. The number of H-pyrrole nitrogens is 1. The Morgan fingerprint density at radius 1 is 1.47 bits per heavy atom. The molecule has 0 saturated carbocycles. The van der Waals surface area contributed by atoms with Gasteiger partial charge in [0, 0.05) is 30.2 Å². The van der Waals surface area contributed by atoms with Crippen LogP contribution in [0, 0.1) is 0 Å². The van der Waals surface area contributed by atoms with Crippen molar-refractivity contribution in [1.29, 1.82) is 0 Å². The van der Waals surface area contributed by atoms with Crippen molar-refractivity contribution < 1.29 is 0 Å². The molecule has 0 radical (unpaired) electrons. The summed E-state index contributed by atoms with van der Waals surface area (Å²) in [6, 6.07) is 5.82. The van der Waals surface area contributed by atoms with E-state index in [1.165, 1.54) is 0 Å². The van der Waals surface area contributed by atoms with Gasteiger partial charge in [-0.3, -0.25) is 0 Å². The molecule has 0 bridgehead atoms. The number of thiocarbonyl (C=S) groups is 1. The molecule has 6 heteroatoms. The van der Waals surface area contributed by atoms with E-state index in [4.69, 9.17) is 29.6 Å². The first-order chi connectivity index (χ1) is 8.22. The highest BCUT2D eigenvalue weighted by Gasteiger charge is 2.07. The Morgan fingerprint density at radius 2 is 2.29 bits per heavy atom. The van der Waals surface area contributed by atoms with Gasteiger partial charge in [0.05, 0.1) is 10.7 Å². The minimum absolute atomic E-state index is 0.539. The highest BCUT2D eigenvalue weighted by molar-refractivity contribution is 7.80. The van der Waals surface area contributed by atoms with Crippen molar-refractivity contribution in [1.82, 2.24) is 10.3 Å². The number of rotatable bonds is 3. The molecule has 90 valence electrons. The normalized spacial score (nSPS) is 10.5. The second-order valence-electron chi connectivity index (χ2n) is 3.53. The zero-order valence-corrected chi connectivity index (χ0v) is 10.7. The van der Waals surface area contributed by atoms with Crippen molar-refractivity contribution in [2.75, 3.05) is 18.4 Å². The van der Waals surface area contributed by atoms with E-state index in [0.29, 0.717) is 23.2 Å². The molecule has 1 heterocycles. The number of benzene rings is 1. The maximum atomic E-state index is 6.11. The topological polar surface area (TPSA) is 65.9 Å². The van der Waals surface area contributed by atoms with E-state index in [0.717, 1.165) is 16.6 Å². The highest BCUT2D eigenvalue weighted by atomic mass is 35.5. The van der Waals surface area contributed by atoms with Gasteiger partial charge in [0.25, 0.3) is 0 Å². The van der Waals surface area contributed by atoms with Crippen LogP contribution in [0.25, 0.3) is 10.9 Å². The van der Waals surface area contributed by atoms with Crippen LogP contribution in [0.3, 0.4) is 0 Å². The van der Waals surface area contributed by atoms with Crippen molar-refractivity contribution in [3.05, 3.63) is 29.4 Å². The summed E-state index contributed by atoms with van der Waals surface area (Å²) in [6.45, 7) is 1.18. The quantitative estimate of drug-likeness (QED) is 0.644. The Kier molecular flexibility index (Phi) is 3.83. The van der Waals surface area contributed by atoms with Crippen LogP contribution in [0.2, 0.25) is 5.02 Å². The molecular weight excluding hydrogens is 256 g/mol. The van der Waals surface area contributed by atoms with Crippen molar-refractivity contribution in [3.63, 3.8) is 0 Å². The van der Waals surface area contributed by atoms with E-state index < -0.39 is 0 Å². The molecule has 17 heavy (non-hydrogen) atoms. The fraction of sp³-hybridized carbons (Fsp3) is 0.182. The monoisotopic (exact) mass is 268 g/mol. The molecule has 0 aliphatic rings. The van der Waals surface area contributed by atoms with Crippen molar-refractivity contribution in [3.8, 4) is 0 Å². The SMILES string of the molecule is NCCNC(=S)Nc1cccc2[nH]cc(Cl)c12. The van der Waals surface area contributed by atoms with E-state index in [9.17, 15) is 0 Å². The Labute approximate surface area is 110 Å². The zero-order valence-electron chi connectivity index (χ0n) is 9.09. The molecule has 0 amide bonds. The van der Waals surface area contributed by atoms with Gasteiger partial charge in [-0.25, -0.2) is 0 Å². The van der Waals surface area contributed by atoms with E-state index in [1.807, 2.05) is 18.2 Å². The fourth-order valence-corrected chi connectivity index (χ4v) is 2.07. The summed E-state index contributed by atoms with van der Waals surface area (Å²) in [4.78, 5) is 3.09. The minimum atomic E-state index is 0.539. The summed E-state index contributed by atoms with van der Waals surface area (Å²) in [5, 5.41) is 8.26. The summed E-state index contributed by atoms with van der Waals surface area (Å²) in [7, 11) is 0. The smallest absolute Gasteiger partial charge is 0.170 e. The Morgan fingerprint density at radius 3 is 3.06 bits per heavy atom. The predicted molar refractivity (Wildman–Crippen MR) is 76.6 cm³/mol. The van der Waals surface area contributed by atoms with Gasteiger partial charge in [0.2, 0.25) is 0 Å². The predicted octanol–water partition coefficient (Wildman–Crippen LogP) is 2.07. The second kappa shape index (κ2) is 5.35. The lowest BCUT2D eigenvalue weighted by Gasteiger charge is -2.10. The molecule has 0 spiro atoms. The summed E-state index contributed by atoms with van der Waals surface area (Å²) in [5.74, 6) is 0. The van der Waals surface area contributed by atoms with Crippen LogP contribution in [-0.2, 0) is 0 Å². The number of hydrogen-bond donors (Lipinski definition) is 4. The minimum Gasteiger partial charge on any atom is -0.361 e. The van der Waals surface area contributed by atoms with Gasteiger partial charge >= 0.3 is 0 Å². The Hall–Kier alpha value is -1.30. The van der Waals surface area contributed by atoms with Crippen LogP contribution in [0.4, 0.5) is 5.69 Å². The summed E-state index contributed by atoms with van der Waals surface area (Å²) in [6.07, 6.45) is 1.76. The maximum Gasteiger partial charge on any atom is 0.170 e. The molecule has 0 saturated heterocycles.